The summed E-state index contributed by atoms with van der Waals surface area (Å²) in [6.07, 6.45) is 3.85. The van der Waals surface area contributed by atoms with Crippen LogP contribution >= 0.6 is 0 Å². The van der Waals surface area contributed by atoms with Crippen LogP contribution in [-0.2, 0) is 13.0 Å². The Bertz CT molecular complexity index is 740. The highest BCUT2D eigenvalue weighted by Gasteiger charge is 2.23. The van der Waals surface area contributed by atoms with Gasteiger partial charge in [-0.3, -0.25) is 14.7 Å². The predicted molar refractivity (Wildman–Crippen MR) is 95.7 cm³/mol. The molecule has 2 aliphatic rings. The summed E-state index contributed by atoms with van der Waals surface area (Å²) in [5.74, 6) is 1.06. The van der Waals surface area contributed by atoms with E-state index in [4.69, 9.17) is 4.74 Å². The quantitative estimate of drug-likeness (QED) is 0.863. The number of carbonyl (C=O) groups is 1. The van der Waals surface area contributed by atoms with Crippen LogP contribution in [0.1, 0.15) is 28.0 Å². The van der Waals surface area contributed by atoms with E-state index in [1.165, 1.54) is 0 Å². The standard InChI is InChI=1S/C20H23N3O2/c24-20(17-6-7-19-16(14-17)4-3-13-25-19)23-11-9-22(10-12-23)15-18-5-1-2-8-21-18/h1-2,5-8,14H,3-4,9-13,15H2. The van der Waals surface area contributed by atoms with Gasteiger partial charge >= 0.3 is 0 Å². The molecule has 0 radical (unpaired) electrons. The number of hydrogen-bond acceptors (Lipinski definition) is 4. The van der Waals surface area contributed by atoms with Gasteiger partial charge in [-0.05, 0) is 48.7 Å². The number of pyridine rings is 1. The highest BCUT2D eigenvalue weighted by Crippen LogP contribution is 2.26. The van der Waals surface area contributed by atoms with Crippen molar-refractivity contribution in [3.8, 4) is 5.75 Å². The fourth-order valence-electron chi connectivity index (χ4n) is 3.51. The molecule has 1 saturated heterocycles. The van der Waals surface area contributed by atoms with Crippen molar-refractivity contribution in [2.75, 3.05) is 32.8 Å². The molecule has 1 fully saturated rings. The fraction of sp³-hybridized carbons (Fsp3) is 0.400. The number of rotatable bonds is 3. The first kappa shape index (κ1) is 16.1. The summed E-state index contributed by atoms with van der Waals surface area (Å²) in [6, 6.07) is 11.8. The molecule has 0 spiro atoms. The third-order valence-corrected chi connectivity index (χ3v) is 4.93. The summed E-state index contributed by atoms with van der Waals surface area (Å²) >= 11 is 0. The van der Waals surface area contributed by atoms with Gasteiger partial charge in [0.2, 0.25) is 0 Å². The summed E-state index contributed by atoms with van der Waals surface area (Å²) in [5.41, 5.74) is 3.02. The number of ether oxygens (including phenoxy) is 1. The maximum absolute atomic E-state index is 12.8. The zero-order valence-electron chi connectivity index (χ0n) is 14.4. The lowest BCUT2D eigenvalue weighted by molar-refractivity contribution is 0.0627. The van der Waals surface area contributed by atoms with E-state index in [1.807, 2.05) is 47.5 Å². The zero-order chi connectivity index (χ0) is 17.1. The number of aromatic nitrogens is 1. The van der Waals surface area contributed by atoms with Gasteiger partial charge in [-0.25, -0.2) is 0 Å². The van der Waals surface area contributed by atoms with Gasteiger partial charge in [0.05, 0.1) is 12.3 Å². The molecule has 2 aliphatic heterocycles. The Morgan fingerprint density at radius 1 is 1.12 bits per heavy atom. The number of aryl methyl sites for hydroxylation is 1. The first-order valence-electron chi connectivity index (χ1n) is 8.97. The van der Waals surface area contributed by atoms with Gasteiger partial charge in [-0.1, -0.05) is 6.07 Å². The Morgan fingerprint density at radius 3 is 2.80 bits per heavy atom. The molecule has 3 heterocycles. The van der Waals surface area contributed by atoms with E-state index in [1.54, 1.807) is 0 Å². The number of nitrogens with zero attached hydrogens (tertiary/aromatic N) is 3. The van der Waals surface area contributed by atoms with Gasteiger partial charge in [-0.2, -0.15) is 0 Å². The molecule has 1 aromatic heterocycles. The second-order valence-electron chi connectivity index (χ2n) is 6.66. The lowest BCUT2D eigenvalue weighted by atomic mass is 10.0. The number of benzene rings is 1. The largest absolute Gasteiger partial charge is 0.493 e. The summed E-state index contributed by atoms with van der Waals surface area (Å²) < 4.78 is 5.64. The number of amides is 1. The number of carbonyl (C=O) groups excluding carboxylic acids is 1. The molecule has 0 saturated carbocycles. The molecule has 1 aromatic carbocycles. The normalized spacial score (nSPS) is 17.7. The summed E-state index contributed by atoms with van der Waals surface area (Å²) in [5, 5.41) is 0. The molecule has 0 aliphatic carbocycles. The van der Waals surface area contributed by atoms with Crippen molar-refractivity contribution in [3.63, 3.8) is 0 Å². The van der Waals surface area contributed by atoms with Gasteiger partial charge in [-0.15, -0.1) is 0 Å². The number of fused-ring (bicyclic) bond motifs is 1. The van der Waals surface area contributed by atoms with Gasteiger partial charge in [0, 0.05) is 44.5 Å². The maximum atomic E-state index is 12.8. The second kappa shape index (κ2) is 7.23. The van der Waals surface area contributed by atoms with E-state index in [2.05, 4.69) is 9.88 Å². The molecule has 0 atom stereocenters. The van der Waals surface area contributed by atoms with Gasteiger partial charge in [0.25, 0.3) is 5.91 Å². The SMILES string of the molecule is O=C(c1ccc2c(c1)CCCO2)N1CCN(Cc2ccccn2)CC1. The zero-order valence-corrected chi connectivity index (χ0v) is 14.4. The summed E-state index contributed by atoms with van der Waals surface area (Å²) in [6.45, 7) is 4.92. The van der Waals surface area contributed by atoms with E-state index >= 15 is 0 Å². The van der Waals surface area contributed by atoms with Crippen molar-refractivity contribution in [2.45, 2.75) is 19.4 Å². The lowest BCUT2D eigenvalue weighted by Crippen LogP contribution is -2.48. The molecule has 5 heteroatoms. The van der Waals surface area contributed by atoms with Crippen LogP contribution in [-0.4, -0.2) is 53.5 Å². The smallest absolute Gasteiger partial charge is 0.253 e. The van der Waals surface area contributed by atoms with Crippen LogP contribution in [0.2, 0.25) is 0 Å². The maximum Gasteiger partial charge on any atom is 0.253 e. The minimum absolute atomic E-state index is 0.130. The third kappa shape index (κ3) is 3.66. The van der Waals surface area contributed by atoms with Crippen LogP contribution in [0.5, 0.6) is 5.75 Å². The summed E-state index contributed by atoms with van der Waals surface area (Å²) in [7, 11) is 0. The Balaban J connectivity index is 1.36. The topological polar surface area (TPSA) is 45.7 Å². The van der Waals surface area contributed by atoms with Gasteiger partial charge < -0.3 is 9.64 Å². The third-order valence-electron chi connectivity index (χ3n) is 4.93. The van der Waals surface area contributed by atoms with Crippen LogP contribution in [0.15, 0.2) is 42.6 Å². The van der Waals surface area contributed by atoms with Crippen molar-refractivity contribution in [1.29, 1.82) is 0 Å². The van der Waals surface area contributed by atoms with Crippen LogP contribution in [0.3, 0.4) is 0 Å². The Labute approximate surface area is 148 Å². The molecule has 2 aromatic rings. The fourth-order valence-corrected chi connectivity index (χ4v) is 3.51. The highest BCUT2D eigenvalue weighted by atomic mass is 16.5. The Kier molecular flexibility index (Phi) is 4.65. The van der Waals surface area contributed by atoms with E-state index in [0.717, 1.165) is 74.7 Å². The van der Waals surface area contributed by atoms with Gasteiger partial charge in [0.1, 0.15) is 5.75 Å². The molecule has 5 nitrogen and oxygen atoms in total. The van der Waals surface area contributed by atoms with Crippen molar-refractivity contribution in [3.05, 3.63) is 59.4 Å². The minimum Gasteiger partial charge on any atom is -0.493 e. The van der Waals surface area contributed by atoms with Crippen LogP contribution in [0.25, 0.3) is 0 Å². The van der Waals surface area contributed by atoms with Crippen LogP contribution in [0, 0.1) is 0 Å². The molecule has 130 valence electrons. The summed E-state index contributed by atoms with van der Waals surface area (Å²) in [4.78, 5) is 21.5. The van der Waals surface area contributed by atoms with Crippen molar-refractivity contribution >= 4 is 5.91 Å². The van der Waals surface area contributed by atoms with E-state index in [0.29, 0.717) is 0 Å². The number of hydrogen-bond donors (Lipinski definition) is 0. The molecule has 25 heavy (non-hydrogen) atoms. The van der Waals surface area contributed by atoms with Crippen LogP contribution < -0.4 is 4.74 Å². The molecular formula is C20H23N3O2. The van der Waals surface area contributed by atoms with E-state index < -0.39 is 0 Å². The van der Waals surface area contributed by atoms with Crippen molar-refractivity contribution in [1.82, 2.24) is 14.8 Å². The first-order valence-corrected chi connectivity index (χ1v) is 8.97. The molecule has 4 rings (SSSR count). The molecule has 1 amide bonds. The molecule has 0 bridgehead atoms. The van der Waals surface area contributed by atoms with E-state index in [9.17, 15) is 4.79 Å². The highest BCUT2D eigenvalue weighted by molar-refractivity contribution is 5.94. The Morgan fingerprint density at radius 2 is 2.00 bits per heavy atom. The number of piperazine rings is 1. The predicted octanol–water partition coefficient (Wildman–Crippen LogP) is 2.36. The van der Waals surface area contributed by atoms with Crippen molar-refractivity contribution < 1.29 is 9.53 Å². The molecule has 0 unspecified atom stereocenters. The van der Waals surface area contributed by atoms with Gasteiger partial charge in [0.15, 0.2) is 0 Å². The molecule has 0 N–H and O–H groups in total. The average molecular weight is 337 g/mol. The van der Waals surface area contributed by atoms with Crippen molar-refractivity contribution in [2.24, 2.45) is 0 Å². The first-order chi connectivity index (χ1) is 12.3. The monoisotopic (exact) mass is 337 g/mol. The van der Waals surface area contributed by atoms with E-state index in [-0.39, 0.29) is 5.91 Å². The Hall–Kier alpha value is -2.40. The average Bonchev–Trinajstić information content (AvgIpc) is 2.68. The minimum atomic E-state index is 0.130. The lowest BCUT2D eigenvalue weighted by Gasteiger charge is -2.34. The van der Waals surface area contributed by atoms with Crippen LogP contribution in [0.4, 0.5) is 0 Å². The molecular weight excluding hydrogens is 314 g/mol. The second-order valence-corrected chi connectivity index (χ2v) is 6.66.